The zero-order valence-electron chi connectivity index (χ0n) is 22.4. The number of benzene rings is 3. The van der Waals surface area contributed by atoms with Crippen molar-refractivity contribution in [3.05, 3.63) is 111 Å². The molecule has 0 fully saturated rings. The van der Waals surface area contributed by atoms with Crippen molar-refractivity contribution in [2.24, 2.45) is 0 Å². The van der Waals surface area contributed by atoms with Crippen LogP contribution in [0.4, 0.5) is 11.4 Å². The molecule has 0 saturated carbocycles. The second-order valence-electron chi connectivity index (χ2n) is 9.22. The van der Waals surface area contributed by atoms with Crippen molar-refractivity contribution in [1.82, 2.24) is 4.57 Å². The molecule has 0 aliphatic heterocycles. The molecule has 0 radical (unpaired) electrons. The third-order valence-corrected chi connectivity index (χ3v) is 6.71. The number of hydrogen-bond donors (Lipinski definition) is 3. The number of anilines is 2. The van der Waals surface area contributed by atoms with Crippen molar-refractivity contribution < 1.29 is 19.3 Å². The Morgan fingerprint density at radius 1 is 1.07 bits per heavy atom. The summed E-state index contributed by atoms with van der Waals surface area (Å²) in [6, 6.07) is 19.9. The molecule has 4 N–H and O–H groups in total. The number of nitrogens with one attached hydrogen (secondary N) is 2. The maximum Gasteiger partial charge on any atom is 0.252 e. The lowest BCUT2D eigenvalue weighted by molar-refractivity contribution is -0.413. The maximum atomic E-state index is 13.7. The van der Waals surface area contributed by atoms with Crippen LogP contribution in [-0.2, 0) is 11.2 Å². The lowest BCUT2D eigenvalue weighted by Gasteiger charge is -2.22. The van der Waals surface area contributed by atoms with E-state index < -0.39 is 17.5 Å². The van der Waals surface area contributed by atoms with E-state index in [9.17, 15) is 14.4 Å². The van der Waals surface area contributed by atoms with Crippen LogP contribution in [0.2, 0.25) is 5.02 Å². The first-order valence-corrected chi connectivity index (χ1v) is 13.0. The highest BCUT2D eigenvalue weighted by atomic mass is 35.5. The van der Waals surface area contributed by atoms with Crippen LogP contribution in [0.3, 0.4) is 0 Å². The van der Waals surface area contributed by atoms with E-state index in [1.165, 1.54) is 30.9 Å². The van der Waals surface area contributed by atoms with Crippen LogP contribution < -0.4 is 26.3 Å². The highest BCUT2D eigenvalue weighted by Crippen LogP contribution is 2.34. The molecule has 0 spiro atoms. The Kier molecular flexibility index (Phi) is 8.81. The average Bonchev–Trinajstić information content (AvgIpc) is 2.94. The van der Waals surface area contributed by atoms with Crippen molar-refractivity contribution in [3.63, 3.8) is 0 Å². The number of carbonyl (C=O) groups excluding carboxylic acids is 2. The number of nitrogens with two attached hydrogens (primary N) is 1. The predicted molar refractivity (Wildman–Crippen MR) is 158 cm³/mol. The van der Waals surface area contributed by atoms with Crippen molar-refractivity contribution >= 4 is 40.9 Å². The van der Waals surface area contributed by atoms with E-state index in [4.69, 9.17) is 22.1 Å². The number of halogens is 1. The fourth-order valence-electron chi connectivity index (χ4n) is 4.50. The number of hydrogen-bond acceptors (Lipinski definition) is 5. The van der Waals surface area contributed by atoms with Gasteiger partial charge in [-0.2, -0.15) is 0 Å². The topological polar surface area (TPSA) is 117 Å². The number of aromatic nitrogens is 1. The second-order valence-corrected chi connectivity index (χ2v) is 9.66. The van der Waals surface area contributed by atoms with E-state index in [0.29, 0.717) is 44.4 Å². The van der Waals surface area contributed by atoms with Crippen LogP contribution in [-0.4, -0.2) is 36.6 Å². The largest absolute Gasteiger partial charge is 0.495 e. The van der Waals surface area contributed by atoms with Crippen molar-refractivity contribution in [3.8, 4) is 16.9 Å². The summed E-state index contributed by atoms with van der Waals surface area (Å²) in [6.07, 6.45) is 3.47. The quantitative estimate of drug-likeness (QED) is 0.165. The number of rotatable bonds is 9. The van der Waals surface area contributed by atoms with Crippen LogP contribution in [0.15, 0.2) is 83.8 Å². The van der Waals surface area contributed by atoms with Crippen LogP contribution in [0.5, 0.6) is 5.75 Å². The molecule has 0 bridgehead atoms. The molecule has 0 aliphatic rings. The molecule has 0 saturated heterocycles. The molecule has 3 aromatic carbocycles. The summed E-state index contributed by atoms with van der Waals surface area (Å²) in [4.78, 5) is 42.6. The molecule has 0 aliphatic carbocycles. The SMILES string of the molecule is C[NH+]=Cc1cc(NC(=O)[C@@H](Cc2ccccc2)n2cc(OC)c(-c3cc(Cl)ccc3C(C)=O)cc2=O)ccc1N. The number of ketones is 1. The number of amides is 1. The molecule has 4 aromatic rings. The molecule has 0 unspecified atom stereocenters. The molecule has 1 heterocycles. The van der Waals surface area contributed by atoms with Gasteiger partial charge >= 0.3 is 0 Å². The third-order valence-electron chi connectivity index (χ3n) is 6.48. The van der Waals surface area contributed by atoms with Gasteiger partial charge in [-0.25, -0.2) is 0 Å². The monoisotopic (exact) mass is 557 g/mol. The zero-order chi connectivity index (χ0) is 28.8. The first-order valence-electron chi connectivity index (χ1n) is 12.6. The number of methoxy groups -OCH3 is 1. The Hall–Kier alpha value is -4.69. The van der Waals surface area contributed by atoms with Gasteiger partial charge in [0, 0.05) is 40.0 Å². The fourth-order valence-corrected chi connectivity index (χ4v) is 4.68. The summed E-state index contributed by atoms with van der Waals surface area (Å²) >= 11 is 6.24. The van der Waals surface area contributed by atoms with Crippen LogP contribution in [0, 0.1) is 0 Å². The fraction of sp³-hybridized carbons (Fsp3) is 0.161. The number of ether oxygens (including phenoxy) is 1. The van der Waals surface area contributed by atoms with Gasteiger partial charge in [-0.3, -0.25) is 23.9 Å². The van der Waals surface area contributed by atoms with Gasteiger partial charge in [0.1, 0.15) is 18.8 Å². The number of Topliss-reactive ketones (excluding diaryl/α,β-unsaturated/α-hetero) is 1. The van der Waals surface area contributed by atoms with E-state index in [2.05, 4.69) is 10.3 Å². The van der Waals surface area contributed by atoms with Gasteiger partial charge in [0.2, 0.25) is 5.91 Å². The molecule has 9 heteroatoms. The van der Waals surface area contributed by atoms with Crippen LogP contribution >= 0.6 is 11.6 Å². The molecular weight excluding hydrogens is 528 g/mol. The summed E-state index contributed by atoms with van der Waals surface area (Å²) in [7, 11) is 3.22. The van der Waals surface area contributed by atoms with Gasteiger partial charge in [-0.05, 0) is 54.4 Å². The lowest BCUT2D eigenvalue weighted by Crippen LogP contribution is -2.63. The van der Waals surface area contributed by atoms with E-state index >= 15 is 0 Å². The second kappa shape index (κ2) is 12.4. The van der Waals surface area contributed by atoms with E-state index in [1.54, 1.807) is 49.7 Å². The number of pyridine rings is 1. The molecule has 8 nitrogen and oxygen atoms in total. The summed E-state index contributed by atoms with van der Waals surface area (Å²) < 4.78 is 7.00. The normalized spacial score (nSPS) is 11.8. The Bertz CT molecular complexity index is 1650. The Morgan fingerprint density at radius 3 is 2.50 bits per heavy atom. The highest BCUT2D eigenvalue weighted by molar-refractivity contribution is 6.31. The smallest absolute Gasteiger partial charge is 0.252 e. The van der Waals surface area contributed by atoms with Crippen molar-refractivity contribution in [2.45, 2.75) is 19.4 Å². The first-order chi connectivity index (χ1) is 19.2. The van der Waals surface area contributed by atoms with Gasteiger partial charge in [0.15, 0.2) is 12.0 Å². The zero-order valence-corrected chi connectivity index (χ0v) is 23.2. The van der Waals surface area contributed by atoms with E-state index in [-0.39, 0.29) is 12.2 Å². The molecule has 1 aromatic heterocycles. The van der Waals surface area contributed by atoms with Gasteiger partial charge in [0.25, 0.3) is 5.56 Å². The van der Waals surface area contributed by atoms with Crippen molar-refractivity contribution in [2.75, 3.05) is 25.2 Å². The minimum atomic E-state index is -0.918. The van der Waals surface area contributed by atoms with Gasteiger partial charge in [0.05, 0.1) is 18.9 Å². The number of nitrogens with zero attached hydrogens (tertiary/aromatic N) is 1. The number of carbonyl (C=O) groups is 2. The van der Waals surface area contributed by atoms with Gasteiger partial charge in [-0.1, -0.05) is 41.9 Å². The Morgan fingerprint density at radius 2 is 1.82 bits per heavy atom. The summed E-state index contributed by atoms with van der Waals surface area (Å²) in [6.45, 7) is 1.44. The first kappa shape index (κ1) is 28.3. The predicted octanol–water partition coefficient (Wildman–Crippen LogP) is 3.51. The molecule has 40 heavy (non-hydrogen) atoms. The number of nitrogen functional groups attached to an aromatic ring is 1. The maximum absolute atomic E-state index is 13.7. The molecule has 204 valence electrons. The summed E-state index contributed by atoms with van der Waals surface area (Å²) in [5.74, 6) is -0.264. The Balaban J connectivity index is 1.81. The van der Waals surface area contributed by atoms with E-state index in [1.807, 2.05) is 30.3 Å². The van der Waals surface area contributed by atoms with Gasteiger partial charge in [-0.15, -0.1) is 0 Å². The molecular formula is C31H30ClN4O4+. The van der Waals surface area contributed by atoms with E-state index in [0.717, 1.165) is 5.56 Å². The van der Waals surface area contributed by atoms with Crippen LogP contribution in [0.1, 0.15) is 34.5 Å². The highest BCUT2D eigenvalue weighted by Gasteiger charge is 2.25. The summed E-state index contributed by atoms with van der Waals surface area (Å²) in [5.41, 5.74) is 9.53. The standard InChI is InChI=1S/C31H29ClN4O4/c1-19(37)24-11-9-22(32)15-25(24)26-16-30(38)36(18-29(26)40-3)28(13-20-7-5-4-6-8-20)31(39)35-23-10-12-27(33)21(14-23)17-34-2/h4-12,14-18,28H,13,33H2,1-3H3,(H,35,39)/p+1/t28-/m1/s1. The van der Waals surface area contributed by atoms with Crippen molar-refractivity contribution in [1.29, 1.82) is 0 Å². The Labute approximate surface area is 237 Å². The minimum Gasteiger partial charge on any atom is -0.495 e. The van der Waals surface area contributed by atoms with Gasteiger partial charge < -0.3 is 15.8 Å². The summed E-state index contributed by atoms with van der Waals surface area (Å²) in [5, 5.41) is 3.33. The average molecular weight is 558 g/mol. The lowest BCUT2D eigenvalue weighted by atomic mass is 9.97. The molecule has 1 amide bonds. The minimum absolute atomic E-state index is 0.183. The van der Waals surface area contributed by atoms with Crippen LogP contribution in [0.25, 0.3) is 11.1 Å². The molecule has 4 rings (SSSR count). The molecule has 1 atom stereocenters. The third kappa shape index (κ3) is 6.30.